The minimum Gasteiger partial charge on any atom is -0.357 e. The van der Waals surface area contributed by atoms with Crippen molar-refractivity contribution < 1.29 is 0 Å². The molecule has 0 saturated carbocycles. The number of thioether (sulfide) groups is 6. The molecule has 0 bridgehead atoms. The molecule has 0 spiro atoms. The SMILES string of the molecule is CCSc1nc(CCCNc2nc(CCCNc3nc(CCCNc4nc(CCCNc5nc(CCCNc6nc(CC)nc(SCC)n6)nc(SCC)n5)nc(SCC)n4)nc(SCC)n3)nc(SCC)n2)nc(NC)n1. The molecule has 0 amide bonds. The van der Waals surface area contributed by atoms with Gasteiger partial charge in [-0.3, -0.25) is 0 Å². The third kappa shape index (κ3) is 22.6. The summed E-state index contributed by atoms with van der Waals surface area (Å²) in [6, 6.07) is 0. The van der Waals surface area contributed by atoms with Gasteiger partial charge in [-0.2, -0.15) is 59.8 Å². The predicted molar refractivity (Wildman–Crippen MR) is 320 cm³/mol. The molecule has 0 unspecified atom stereocenters. The molecule has 422 valence electrons. The Labute approximate surface area is 484 Å². The summed E-state index contributed by atoms with van der Waals surface area (Å²) >= 11 is 9.62. The van der Waals surface area contributed by atoms with Crippen LogP contribution in [0.4, 0.5) is 35.7 Å². The topological polar surface area (TPSA) is 304 Å². The molecule has 30 heteroatoms. The van der Waals surface area contributed by atoms with Crippen LogP contribution in [0.3, 0.4) is 0 Å². The highest BCUT2D eigenvalue weighted by molar-refractivity contribution is 8.00. The van der Waals surface area contributed by atoms with E-state index in [4.69, 9.17) is 49.8 Å². The van der Waals surface area contributed by atoms with Gasteiger partial charge in [-0.25, -0.2) is 29.9 Å². The normalized spacial score (nSPS) is 11.2. The van der Waals surface area contributed by atoms with Crippen LogP contribution in [-0.2, 0) is 38.5 Å². The van der Waals surface area contributed by atoms with Crippen molar-refractivity contribution in [3.8, 4) is 0 Å². The molecule has 6 aromatic heterocycles. The maximum atomic E-state index is 4.80. The van der Waals surface area contributed by atoms with E-state index in [1.165, 1.54) is 0 Å². The van der Waals surface area contributed by atoms with E-state index in [0.717, 1.165) is 118 Å². The first-order valence-corrected chi connectivity index (χ1v) is 32.8. The minimum atomic E-state index is 0.560. The summed E-state index contributed by atoms with van der Waals surface area (Å²) in [5.41, 5.74) is 0. The molecule has 0 aromatic carbocycles. The monoisotopic (exact) mass is 1180 g/mol. The van der Waals surface area contributed by atoms with Crippen LogP contribution < -0.4 is 31.9 Å². The number of aryl methyl sites for hydroxylation is 6. The van der Waals surface area contributed by atoms with E-state index < -0.39 is 0 Å². The fraction of sp³-hybridized carbons (Fsp3) is 0.625. The number of anilines is 6. The highest BCUT2D eigenvalue weighted by atomic mass is 32.2. The van der Waals surface area contributed by atoms with Gasteiger partial charge in [0, 0.05) is 78.3 Å². The first kappa shape index (κ1) is 62.2. The zero-order valence-corrected chi connectivity index (χ0v) is 51.0. The van der Waals surface area contributed by atoms with Crippen molar-refractivity contribution in [2.45, 2.75) is 150 Å². The summed E-state index contributed by atoms with van der Waals surface area (Å²) in [5, 5.41) is 24.4. The summed E-state index contributed by atoms with van der Waals surface area (Å²) in [5.74, 6) is 13.2. The molecule has 0 aliphatic rings. The smallest absolute Gasteiger partial charge is 0.226 e. The number of rotatable bonds is 39. The Morgan fingerprint density at radius 3 is 0.679 bits per heavy atom. The number of hydrogen-bond donors (Lipinski definition) is 6. The van der Waals surface area contributed by atoms with Gasteiger partial charge in [0.2, 0.25) is 35.7 Å². The van der Waals surface area contributed by atoms with Crippen LogP contribution in [0.1, 0.15) is 116 Å². The largest absolute Gasteiger partial charge is 0.357 e. The Balaban J connectivity index is 0.951. The maximum absolute atomic E-state index is 4.80. The zero-order chi connectivity index (χ0) is 55.2. The van der Waals surface area contributed by atoms with Crippen LogP contribution in [0.5, 0.6) is 0 Å². The summed E-state index contributed by atoms with van der Waals surface area (Å²) < 4.78 is 0. The fourth-order valence-electron chi connectivity index (χ4n) is 7.01. The lowest BCUT2D eigenvalue weighted by atomic mass is 10.3. The van der Waals surface area contributed by atoms with Gasteiger partial charge < -0.3 is 31.9 Å². The van der Waals surface area contributed by atoms with Gasteiger partial charge in [-0.1, -0.05) is 119 Å². The Kier molecular flexibility index (Phi) is 28.3. The second-order valence-electron chi connectivity index (χ2n) is 16.5. The number of hydrogen-bond acceptors (Lipinski definition) is 30. The van der Waals surface area contributed by atoms with E-state index in [1.54, 1.807) is 70.6 Å². The molecule has 6 N–H and O–H groups in total. The Morgan fingerprint density at radius 1 is 0.256 bits per heavy atom. The molecule has 6 heterocycles. The molecule has 6 rings (SSSR count). The molecule has 0 saturated heterocycles. The van der Waals surface area contributed by atoms with Crippen molar-refractivity contribution in [2.24, 2.45) is 0 Å². The van der Waals surface area contributed by atoms with Crippen LogP contribution >= 0.6 is 70.6 Å². The van der Waals surface area contributed by atoms with Crippen molar-refractivity contribution in [3.63, 3.8) is 0 Å². The Morgan fingerprint density at radius 2 is 0.462 bits per heavy atom. The van der Waals surface area contributed by atoms with E-state index in [-0.39, 0.29) is 0 Å². The molecule has 78 heavy (non-hydrogen) atoms. The highest BCUT2D eigenvalue weighted by Gasteiger charge is 2.14. The third-order valence-electron chi connectivity index (χ3n) is 10.4. The molecule has 0 fully saturated rings. The summed E-state index contributed by atoms with van der Waals surface area (Å²) in [4.78, 5) is 84.1. The average molecular weight is 1180 g/mol. The summed E-state index contributed by atoms with van der Waals surface area (Å²) in [6.45, 7) is 17.9. The van der Waals surface area contributed by atoms with Crippen molar-refractivity contribution in [3.05, 3.63) is 34.9 Å². The molecular weight excluding hydrogens is 1110 g/mol. The van der Waals surface area contributed by atoms with Gasteiger partial charge in [-0.15, -0.1) is 0 Å². The lowest BCUT2D eigenvalue weighted by Gasteiger charge is -2.11. The predicted octanol–water partition coefficient (Wildman–Crippen LogP) is 8.30. The van der Waals surface area contributed by atoms with Gasteiger partial charge in [0.25, 0.3) is 0 Å². The van der Waals surface area contributed by atoms with Gasteiger partial charge in [0.1, 0.15) is 34.9 Å². The van der Waals surface area contributed by atoms with Crippen LogP contribution in [0.2, 0.25) is 0 Å². The molecule has 24 nitrogen and oxygen atoms in total. The maximum Gasteiger partial charge on any atom is 0.226 e. The van der Waals surface area contributed by atoms with E-state index in [2.05, 4.69) is 113 Å². The average Bonchev–Trinajstić information content (AvgIpc) is 3.43. The second kappa shape index (κ2) is 35.5. The van der Waals surface area contributed by atoms with Gasteiger partial charge in [-0.05, 0) is 66.6 Å². The quantitative estimate of drug-likeness (QED) is 0.0156. The Hall–Kier alpha value is -5.04. The van der Waals surface area contributed by atoms with Gasteiger partial charge in [0.05, 0.1) is 0 Å². The van der Waals surface area contributed by atoms with Crippen molar-refractivity contribution in [1.29, 1.82) is 0 Å². The zero-order valence-electron chi connectivity index (χ0n) is 46.1. The highest BCUT2D eigenvalue weighted by Crippen LogP contribution is 2.21. The van der Waals surface area contributed by atoms with Crippen LogP contribution in [0, 0.1) is 0 Å². The lowest BCUT2D eigenvalue weighted by molar-refractivity contribution is 0.722. The first-order valence-electron chi connectivity index (χ1n) is 26.8. The van der Waals surface area contributed by atoms with E-state index in [9.17, 15) is 0 Å². The van der Waals surface area contributed by atoms with E-state index in [1.807, 2.05) is 14.0 Å². The molecule has 6 aromatic rings. The summed E-state index contributed by atoms with van der Waals surface area (Å²) in [6.07, 6.45) is 8.05. The van der Waals surface area contributed by atoms with Gasteiger partial charge in [0.15, 0.2) is 30.9 Å². The number of nitrogens with one attached hydrogen (secondary N) is 6. The minimum absolute atomic E-state index is 0.560. The van der Waals surface area contributed by atoms with Crippen LogP contribution in [0.25, 0.3) is 0 Å². The standard InChI is InChI=1S/C48H74N24S6/c1-9-31-55-38(68-43(61-31)73-10-2)50-26-17-22-33-57-40(70-45(63-33)75-12-4)52-28-19-24-35-59-42(72-47(65-35)77-14-6)54-30-20-25-36-60-41(71-48(66-36)78-15-7)53-29-18-23-34-58-39(69-46(64-34)76-13-5)51-27-16-21-32-56-37(49-8)67-44(62-32)74-11-3/h9-30H2,1-8H3,(H,49,56,62,67)(H,50,55,61,68)(H,51,58,64,69)(H,52,57,63,70)(H,53,60,66,71)(H,54,59,65,72). The van der Waals surface area contributed by atoms with Crippen LogP contribution in [-0.4, -0.2) is 164 Å². The fourth-order valence-corrected chi connectivity index (χ4v) is 10.5. The van der Waals surface area contributed by atoms with Crippen molar-refractivity contribution in [1.82, 2.24) is 89.7 Å². The van der Waals surface area contributed by atoms with Crippen molar-refractivity contribution >= 4 is 106 Å². The van der Waals surface area contributed by atoms with Crippen molar-refractivity contribution in [2.75, 3.05) is 106 Å². The van der Waals surface area contributed by atoms with E-state index >= 15 is 0 Å². The van der Waals surface area contributed by atoms with Crippen LogP contribution in [0.15, 0.2) is 30.9 Å². The first-order chi connectivity index (χ1) is 38.2. The molecule has 0 aliphatic heterocycles. The van der Waals surface area contributed by atoms with Gasteiger partial charge >= 0.3 is 0 Å². The second-order valence-corrected chi connectivity index (χ2v) is 23.9. The lowest BCUT2D eigenvalue weighted by Crippen LogP contribution is -2.14. The van der Waals surface area contributed by atoms with E-state index in [0.29, 0.717) is 121 Å². The molecule has 0 radical (unpaired) electrons. The molecule has 0 aliphatic carbocycles. The number of aromatic nitrogens is 18. The Bertz CT molecular complexity index is 2550. The molecule has 0 atom stereocenters. The summed E-state index contributed by atoms with van der Waals surface area (Å²) in [7, 11) is 1.82. The number of nitrogens with zero attached hydrogens (tertiary/aromatic N) is 18. The third-order valence-corrected chi connectivity index (χ3v) is 14.8. The molecular formula is C48H74N24S6.